The van der Waals surface area contributed by atoms with Gasteiger partial charge in [-0.25, -0.2) is 4.79 Å². The van der Waals surface area contributed by atoms with E-state index in [-0.39, 0.29) is 17.9 Å². The molecule has 0 aromatic heterocycles. The van der Waals surface area contributed by atoms with Gasteiger partial charge in [-0.1, -0.05) is 6.07 Å². The molecule has 0 bridgehead atoms. The SMILES string of the molecule is CC(C)(C)OC(=O)NC1CC(Oc2cccc(OC(F)F)c2)C1. The van der Waals surface area contributed by atoms with E-state index in [2.05, 4.69) is 10.1 Å². The number of benzene rings is 1. The van der Waals surface area contributed by atoms with E-state index in [0.717, 1.165) is 0 Å². The van der Waals surface area contributed by atoms with Crippen LogP contribution in [-0.2, 0) is 4.74 Å². The summed E-state index contributed by atoms with van der Waals surface area (Å²) in [5.74, 6) is 0.518. The molecule has 0 atom stereocenters. The maximum absolute atomic E-state index is 12.2. The highest BCUT2D eigenvalue weighted by Gasteiger charge is 2.33. The minimum Gasteiger partial charge on any atom is -0.490 e. The molecule has 5 nitrogen and oxygen atoms in total. The van der Waals surface area contributed by atoms with Crippen LogP contribution < -0.4 is 14.8 Å². The molecule has 1 fully saturated rings. The van der Waals surface area contributed by atoms with Crippen LogP contribution in [0.1, 0.15) is 33.6 Å². The molecule has 1 aliphatic rings. The topological polar surface area (TPSA) is 56.8 Å². The fourth-order valence-corrected chi connectivity index (χ4v) is 2.17. The lowest BCUT2D eigenvalue weighted by atomic mass is 9.89. The Bertz CT molecular complexity index is 539. The van der Waals surface area contributed by atoms with Crippen LogP contribution in [0.25, 0.3) is 0 Å². The Kier molecular flexibility index (Phi) is 5.28. The van der Waals surface area contributed by atoms with E-state index in [1.165, 1.54) is 12.1 Å². The minimum absolute atomic E-state index is 0.00431. The molecule has 0 heterocycles. The molecule has 0 saturated heterocycles. The van der Waals surface area contributed by atoms with E-state index < -0.39 is 18.3 Å². The molecule has 2 rings (SSSR count). The van der Waals surface area contributed by atoms with Crippen molar-refractivity contribution in [1.29, 1.82) is 0 Å². The van der Waals surface area contributed by atoms with Crippen LogP contribution >= 0.6 is 0 Å². The summed E-state index contributed by atoms with van der Waals surface area (Å²) in [6.07, 6.45) is 0.753. The molecule has 0 aliphatic heterocycles. The van der Waals surface area contributed by atoms with Crippen LogP contribution in [0.5, 0.6) is 11.5 Å². The predicted octanol–water partition coefficient (Wildman–Crippen LogP) is 3.72. The Balaban J connectivity index is 1.75. The van der Waals surface area contributed by atoms with E-state index in [1.54, 1.807) is 32.9 Å². The number of carbonyl (C=O) groups is 1. The molecule has 0 spiro atoms. The van der Waals surface area contributed by atoms with Gasteiger partial charge in [-0.05, 0) is 32.9 Å². The van der Waals surface area contributed by atoms with E-state index >= 15 is 0 Å². The Morgan fingerprint density at radius 2 is 1.91 bits per heavy atom. The highest BCUT2D eigenvalue weighted by Crippen LogP contribution is 2.28. The van der Waals surface area contributed by atoms with Crippen molar-refractivity contribution < 1.29 is 27.8 Å². The van der Waals surface area contributed by atoms with Crippen LogP contribution in [0, 0.1) is 0 Å². The molecule has 7 heteroatoms. The number of halogens is 2. The van der Waals surface area contributed by atoms with E-state index in [1.807, 2.05) is 0 Å². The van der Waals surface area contributed by atoms with Crippen LogP contribution in [0.3, 0.4) is 0 Å². The molecule has 23 heavy (non-hydrogen) atoms. The average molecular weight is 329 g/mol. The van der Waals surface area contributed by atoms with Gasteiger partial charge >= 0.3 is 12.7 Å². The zero-order valence-electron chi connectivity index (χ0n) is 13.3. The maximum Gasteiger partial charge on any atom is 0.407 e. The molecule has 1 amide bonds. The first-order valence-corrected chi connectivity index (χ1v) is 7.42. The number of hydrogen-bond donors (Lipinski definition) is 1. The van der Waals surface area contributed by atoms with Crippen molar-refractivity contribution in [3.63, 3.8) is 0 Å². The summed E-state index contributed by atoms with van der Waals surface area (Å²) in [7, 11) is 0. The second-order valence-corrected chi connectivity index (χ2v) is 6.41. The fraction of sp³-hybridized carbons (Fsp3) is 0.562. The van der Waals surface area contributed by atoms with Gasteiger partial charge in [-0.2, -0.15) is 8.78 Å². The zero-order valence-corrected chi connectivity index (χ0v) is 13.3. The first-order chi connectivity index (χ1) is 10.7. The zero-order chi connectivity index (χ0) is 17.0. The van der Waals surface area contributed by atoms with Crippen molar-refractivity contribution in [1.82, 2.24) is 5.32 Å². The minimum atomic E-state index is -2.86. The smallest absolute Gasteiger partial charge is 0.407 e. The number of alkyl carbamates (subject to hydrolysis) is 1. The van der Waals surface area contributed by atoms with Crippen molar-refractivity contribution >= 4 is 6.09 Å². The molecular weight excluding hydrogens is 308 g/mol. The Hall–Kier alpha value is -2.05. The van der Waals surface area contributed by atoms with Gasteiger partial charge in [0.2, 0.25) is 0 Å². The summed E-state index contributed by atoms with van der Waals surface area (Å²) in [4.78, 5) is 11.6. The summed E-state index contributed by atoms with van der Waals surface area (Å²) in [6.45, 7) is 2.53. The fourth-order valence-electron chi connectivity index (χ4n) is 2.17. The van der Waals surface area contributed by atoms with Crippen LogP contribution in [0.2, 0.25) is 0 Å². The average Bonchev–Trinajstić information content (AvgIpc) is 2.33. The quantitative estimate of drug-likeness (QED) is 0.894. The molecule has 1 aromatic rings. The van der Waals surface area contributed by atoms with Crippen molar-refractivity contribution in [2.75, 3.05) is 0 Å². The van der Waals surface area contributed by atoms with E-state index in [0.29, 0.717) is 18.6 Å². The molecule has 0 radical (unpaired) electrons. The molecular formula is C16H21F2NO4. The van der Waals surface area contributed by atoms with Gasteiger partial charge in [0.1, 0.15) is 23.2 Å². The Morgan fingerprint density at radius 3 is 2.52 bits per heavy atom. The van der Waals surface area contributed by atoms with Crippen molar-refractivity contribution in [3.8, 4) is 11.5 Å². The van der Waals surface area contributed by atoms with Gasteiger partial charge in [0, 0.05) is 24.9 Å². The number of amides is 1. The van der Waals surface area contributed by atoms with Gasteiger partial charge in [0.15, 0.2) is 0 Å². The van der Waals surface area contributed by atoms with Gasteiger partial charge in [-0.15, -0.1) is 0 Å². The van der Waals surface area contributed by atoms with Crippen molar-refractivity contribution in [2.24, 2.45) is 0 Å². The number of ether oxygens (including phenoxy) is 3. The second kappa shape index (κ2) is 7.02. The predicted molar refractivity (Wildman–Crippen MR) is 79.9 cm³/mol. The maximum atomic E-state index is 12.2. The number of hydrogen-bond acceptors (Lipinski definition) is 4. The van der Waals surface area contributed by atoms with Gasteiger partial charge in [0.25, 0.3) is 0 Å². The highest BCUT2D eigenvalue weighted by molar-refractivity contribution is 5.68. The third-order valence-electron chi connectivity index (χ3n) is 3.15. The molecule has 1 aliphatic carbocycles. The number of nitrogens with one attached hydrogen (secondary N) is 1. The monoisotopic (exact) mass is 329 g/mol. The summed E-state index contributed by atoms with van der Waals surface area (Å²) >= 11 is 0. The third kappa shape index (κ3) is 5.92. The van der Waals surface area contributed by atoms with Gasteiger partial charge in [-0.3, -0.25) is 0 Å². The summed E-state index contributed by atoms with van der Waals surface area (Å²) in [6, 6.07) is 6.11. The van der Waals surface area contributed by atoms with Gasteiger partial charge < -0.3 is 19.5 Å². The number of alkyl halides is 2. The molecule has 1 aromatic carbocycles. The first kappa shape index (κ1) is 17.3. The summed E-state index contributed by atoms with van der Waals surface area (Å²) < 4.78 is 39.5. The van der Waals surface area contributed by atoms with Crippen LogP contribution in [-0.4, -0.2) is 30.5 Å². The van der Waals surface area contributed by atoms with Crippen LogP contribution in [0.15, 0.2) is 24.3 Å². The van der Waals surface area contributed by atoms with Crippen molar-refractivity contribution in [2.45, 2.75) is 58.0 Å². The Labute approximate surface area is 133 Å². The summed E-state index contributed by atoms with van der Waals surface area (Å²) in [5, 5.41) is 2.76. The Morgan fingerprint density at radius 1 is 1.26 bits per heavy atom. The normalized spacial score (nSPS) is 20.6. The lowest BCUT2D eigenvalue weighted by molar-refractivity contribution is -0.0500. The standard InChI is InChI=1S/C16H21F2NO4/c1-16(2,3)23-15(20)19-10-7-13(8-10)21-11-5-4-6-12(9-11)22-14(17)18/h4-6,9-10,13-14H,7-8H2,1-3H3,(H,19,20). The first-order valence-electron chi connectivity index (χ1n) is 7.42. The molecule has 1 saturated carbocycles. The van der Waals surface area contributed by atoms with Crippen molar-refractivity contribution in [3.05, 3.63) is 24.3 Å². The third-order valence-corrected chi connectivity index (χ3v) is 3.15. The molecule has 1 N–H and O–H groups in total. The lowest BCUT2D eigenvalue weighted by Crippen LogP contribution is -2.50. The summed E-state index contributed by atoms with van der Waals surface area (Å²) in [5.41, 5.74) is -0.533. The highest BCUT2D eigenvalue weighted by atomic mass is 19.3. The van der Waals surface area contributed by atoms with Crippen LogP contribution in [0.4, 0.5) is 13.6 Å². The second-order valence-electron chi connectivity index (χ2n) is 6.41. The largest absolute Gasteiger partial charge is 0.490 e. The molecule has 0 unspecified atom stereocenters. The number of rotatable bonds is 5. The van der Waals surface area contributed by atoms with E-state index in [4.69, 9.17) is 9.47 Å². The van der Waals surface area contributed by atoms with Gasteiger partial charge in [0.05, 0.1) is 0 Å². The molecule has 128 valence electrons. The number of carbonyl (C=O) groups excluding carboxylic acids is 1. The lowest BCUT2D eigenvalue weighted by Gasteiger charge is -2.36. The van der Waals surface area contributed by atoms with E-state index in [9.17, 15) is 13.6 Å².